The molecule has 0 amide bonds. The van der Waals surface area contributed by atoms with Gasteiger partial charge >= 0.3 is 0 Å². The van der Waals surface area contributed by atoms with Crippen LogP contribution in [0.1, 0.15) is 93.7 Å². The molecule has 8 aliphatic carbocycles. The van der Waals surface area contributed by atoms with Gasteiger partial charge in [-0.25, -0.2) is 9.97 Å². The first-order valence-corrected chi connectivity index (χ1v) is 20.2. The van der Waals surface area contributed by atoms with E-state index in [2.05, 4.69) is 91.0 Å². The lowest BCUT2D eigenvalue weighted by atomic mass is 9.48. The van der Waals surface area contributed by atoms with Gasteiger partial charge < -0.3 is 0 Å². The highest BCUT2D eigenvalue weighted by molar-refractivity contribution is 5.76. The second-order valence-electron chi connectivity index (χ2n) is 18.3. The Morgan fingerprint density at radius 3 is 1.50 bits per heavy atom. The summed E-state index contributed by atoms with van der Waals surface area (Å²) in [6, 6.07) is 40.1. The number of aromatic nitrogens is 2. The molecule has 3 heteroatoms. The summed E-state index contributed by atoms with van der Waals surface area (Å²) in [7, 11) is 0. The summed E-state index contributed by atoms with van der Waals surface area (Å²) < 4.78 is 0. The number of hydrogen-bond acceptors (Lipinski definition) is 3. The van der Waals surface area contributed by atoms with E-state index in [1.165, 1.54) is 82.6 Å². The van der Waals surface area contributed by atoms with Gasteiger partial charge in [-0.3, -0.25) is 0 Å². The van der Waals surface area contributed by atoms with E-state index in [9.17, 15) is 5.26 Å². The van der Waals surface area contributed by atoms with Crippen molar-refractivity contribution < 1.29 is 0 Å². The normalized spacial score (nSPS) is 32.2. The third-order valence-corrected chi connectivity index (χ3v) is 14.8. The molecule has 0 radical (unpaired) electrons. The van der Waals surface area contributed by atoms with Crippen molar-refractivity contribution in [2.45, 2.75) is 87.9 Å². The van der Waals surface area contributed by atoms with Crippen molar-refractivity contribution in [2.24, 2.45) is 35.5 Å². The van der Waals surface area contributed by atoms with Crippen LogP contribution >= 0.6 is 0 Å². The summed E-state index contributed by atoms with van der Waals surface area (Å²) in [5.74, 6) is 6.15. The van der Waals surface area contributed by atoms with Crippen molar-refractivity contribution in [3.05, 3.63) is 120 Å². The third kappa shape index (κ3) is 5.20. The summed E-state index contributed by atoms with van der Waals surface area (Å²) in [5, 5.41) is 9.80. The Morgan fingerprint density at radius 2 is 0.942 bits per heavy atom. The highest BCUT2D eigenvalue weighted by atomic mass is 14.9. The van der Waals surface area contributed by atoms with E-state index in [1.807, 2.05) is 18.2 Å². The maximum atomic E-state index is 9.80. The van der Waals surface area contributed by atoms with E-state index >= 15 is 0 Å². The van der Waals surface area contributed by atoms with E-state index in [0.717, 1.165) is 80.5 Å². The predicted octanol–water partition coefficient (Wildman–Crippen LogP) is 12.0. The quantitative estimate of drug-likeness (QED) is 0.180. The van der Waals surface area contributed by atoms with Crippen LogP contribution in [0.25, 0.3) is 45.0 Å². The van der Waals surface area contributed by atoms with Gasteiger partial charge in [-0.15, -0.1) is 0 Å². The molecule has 8 saturated carbocycles. The summed E-state index contributed by atoms with van der Waals surface area (Å²) in [5.41, 5.74) is 11.9. The van der Waals surface area contributed by atoms with Crippen molar-refractivity contribution in [1.29, 1.82) is 5.26 Å². The summed E-state index contributed by atoms with van der Waals surface area (Å²) in [4.78, 5) is 10.8. The van der Waals surface area contributed by atoms with Crippen molar-refractivity contribution in [1.82, 2.24) is 9.97 Å². The molecule has 0 saturated heterocycles. The fraction of sp³-hybridized carbons (Fsp3) is 0.408. The van der Waals surface area contributed by atoms with E-state index in [0.29, 0.717) is 11.0 Å². The Labute approximate surface area is 308 Å². The molecule has 0 aliphatic heterocycles. The van der Waals surface area contributed by atoms with Gasteiger partial charge in [0, 0.05) is 16.7 Å². The predicted molar refractivity (Wildman–Crippen MR) is 208 cm³/mol. The van der Waals surface area contributed by atoms with Crippen LogP contribution in [0.4, 0.5) is 0 Å². The first kappa shape index (κ1) is 31.0. The van der Waals surface area contributed by atoms with Gasteiger partial charge in [0.2, 0.25) is 0 Å². The molecule has 0 unspecified atom stereocenters. The molecular formula is C49H47N3. The van der Waals surface area contributed by atoms with Crippen LogP contribution < -0.4 is 0 Å². The zero-order valence-corrected chi connectivity index (χ0v) is 30.1. The average molecular weight is 678 g/mol. The van der Waals surface area contributed by atoms with Crippen LogP contribution in [-0.4, -0.2) is 9.97 Å². The van der Waals surface area contributed by atoms with Gasteiger partial charge in [0.15, 0.2) is 5.82 Å². The zero-order chi connectivity index (χ0) is 34.4. The SMILES string of the molecule is N#Cc1cccc(-c2cc(-c3nc(-c4ccccc4)cc(-c4ccc(C56CC7CC(CC(C7)C5)C6)cc4)n3)cc(C34CC5CC(CC(C5)C3)C4)c2)c1. The Hall–Kier alpha value is -4.55. The average Bonchev–Trinajstić information content (AvgIpc) is 3.17. The van der Waals surface area contributed by atoms with Gasteiger partial charge in [-0.05, 0) is 176 Å². The smallest absolute Gasteiger partial charge is 0.160 e. The molecule has 1 heterocycles. The van der Waals surface area contributed by atoms with Crippen LogP contribution in [0.3, 0.4) is 0 Å². The summed E-state index contributed by atoms with van der Waals surface area (Å²) in [6.45, 7) is 0. The van der Waals surface area contributed by atoms with Crippen LogP contribution in [0.15, 0.2) is 103 Å². The Morgan fingerprint density at radius 1 is 0.442 bits per heavy atom. The minimum atomic E-state index is 0.222. The van der Waals surface area contributed by atoms with Gasteiger partial charge in [0.25, 0.3) is 0 Å². The van der Waals surface area contributed by atoms with Gasteiger partial charge in [0.1, 0.15) is 0 Å². The first-order chi connectivity index (χ1) is 25.5. The Kier molecular flexibility index (Phi) is 7.00. The Balaban J connectivity index is 1.04. The lowest BCUT2D eigenvalue weighted by Gasteiger charge is -2.57. The van der Waals surface area contributed by atoms with E-state index in [4.69, 9.17) is 9.97 Å². The van der Waals surface area contributed by atoms with Gasteiger partial charge in [-0.1, -0.05) is 72.8 Å². The van der Waals surface area contributed by atoms with Crippen LogP contribution in [0.5, 0.6) is 0 Å². The van der Waals surface area contributed by atoms with Crippen molar-refractivity contribution >= 4 is 0 Å². The number of nitriles is 1. The standard InChI is InChI=1S/C49H47N3/c50-30-31-5-4-8-40(19-31)41-20-42(22-44(21-41)49-27-35-16-36(28-49)18-37(17-35)29-49)47-51-45(38-6-2-1-3-7-38)23-46(52-47)39-9-11-43(12-10-39)48-24-32-13-33(25-48)15-34(14-32)26-48/h1-12,19-23,32-37H,13-18,24-29H2. The highest BCUT2D eigenvalue weighted by Gasteiger charge is 2.53. The third-order valence-electron chi connectivity index (χ3n) is 14.8. The molecule has 4 aromatic carbocycles. The molecule has 0 spiro atoms. The molecule has 8 aliphatic rings. The zero-order valence-electron chi connectivity index (χ0n) is 30.1. The lowest BCUT2D eigenvalue weighted by Crippen LogP contribution is -2.48. The Bertz CT molecular complexity index is 2150. The molecular weight excluding hydrogens is 631 g/mol. The fourth-order valence-corrected chi connectivity index (χ4v) is 13.4. The summed E-state index contributed by atoms with van der Waals surface area (Å²) in [6.07, 6.45) is 16.7. The molecule has 3 nitrogen and oxygen atoms in total. The maximum Gasteiger partial charge on any atom is 0.160 e. The molecule has 5 aromatic rings. The maximum absolute atomic E-state index is 9.80. The fourth-order valence-electron chi connectivity index (χ4n) is 13.4. The van der Waals surface area contributed by atoms with Crippen LogP contribution in [0.2, 0.25) is 0 Å². The second kappa shape index (κ2) is 11.7. The second-order valence-corrected chi connectivity index (χ2v) is 18.3. The molecule has 52 heavy (non-hydrogen) atoms. The van der Waals surface area contributed by atoms with Crippen molar-refractivity contribution in [3.63, 3.8) is 0 Å². The molecule has 8 bridgehead atoms. The van der Waals surface area contributed by atoms with Gasteiger partial charge in [0.05, 0.1) is 23.0 Å². The monoisotopic (exact) mass is 677 g/mol. The molecule has 8 fully saturated rings. The first-order valence-electron chi connectivity index (χ1n) is 20.2. The molecule has 258 valence electrons. The summed E-state index contributed by atoms with van der Waals surface area (Å²) >= 11 is 0. The van der Waals surface area contributed by atoms with Crippen LogP contribution in [0, 0.1) is 46.8 Å². The topological polar surface area (TPSA) is 49.6 Å². The minimum absolute atomic E-state index is 0.222. The van der Waals surface area contributed by atoms with E-state index in [1.54, 1.807) is 5.56 Å². The van der Waals surface area contributed by atoms with Crippen LogP contribution in [-0.2, 0) is 10.8 Å². The molecule has 0 atom stereocenters. The van der Waals surface area contributed by atoms with Crippen molar-refractivity contribution in [3.8, 4) is 51.1 Å². The molecule has 0 N–H and O–H groups in total. The number of rotatable bonds is 6. The number of hydrogen-bond donors (Lipinski definition) is 0. The number of benzene rings is 4. The van der Waals surface area contributed by atoms with E-state index in [-0.39, 0.29) is 5.41 Å². The van der Waals surface area contributed by atoms with Gasteiger partial charge in [-0.2, -0.15) is 5.26 Å². The highest BCUT2D eigenvalue weighted by Crippen LogP contribution is 2.62. The lowest BCUT2D eigenvalue weighted by molar-refractivity contribution is -0.00529. The number of nitrogens with zero attached hydrogens (tertiary/aromatic N) is 3. The van der Waals surface area contributed by atoms with E-state index < -0.39 is 0 Å². The molecule has 1 aromatic heterocycles. The molecule has 13 rings (SSSR count). The largest absolute Gasteiger partial charge is 0.228 e. The minimum Gasteiger partial charge on any atom is -0.228 e. The van der Waals surface area contributed by atoms with Crippen molar-refractivity contribution in [2.75, 3.05) is 0 Å².